The van der Waals surface area contributed by atoms with Gasteiger partial charge in [-0.1, -0.05) is 92.9 Å². The first-order valence-corrected chi connectivity index (χ1v) is 14.8. The molecule has 0 saturated carbocycles. The fourth-order valence-corrected chi connectivity index (χ4v) is 5.93. The zero-order chi connectivity index (χ0) is 30.2. The van der Waals surface area contributed by atoms with Gasteiger partial charge in [-0.15, -0.1) is 47.0 Å². The Morgan fingerprint density at radius 2 is 1.34 bits per heavy atom. The SMILES string of the molecule is Cc1cc(C)cc(-c2cc3n(n2)-c2[c-]cc(-c4ccccc4)cc2C(C)(C)C3(C)C)c1.[Ir].[c-]1ccccc1-c1ccccn1. The van der Waals surface area contributed by atoms with E-state index in [1.807, 2.05) is 42.5 Å². The zero-order valence-corrected chi connectivity index (χ0v) is 28.5. The molecule has 3 nitrogen and oxygen atoms in total. The molecule has 0 atom stereocenters. The number of aryl methyl sites for hydroxylation is 2. The Morgan fingerprint density at radius 1 is 0.636 bits per heavy atom. The van der Waals surface area contributed by atoms with E-state index >= 15 is 0 Å². The first-order chi connectivity index (χ1) is 20.6. The van der Waals surface area contributed by atoms with Crippen molar-refractivity contribution in [3.05, 3.63) is 150 Å². The number of rotatable bonds is 3. The quantitative estimate of drug-likeness (QED) is 0.169. The molecule has 0 N–H and O–H groups in total. The number of benzene rings is 4. The predicted molar refractivity (Wildman–Crippen MR) is 177 cm³/mol. The molecule has 0 bridgehead atoms. The van der Waals surface area contributed by atoms with E-state index in [0.29, 0.717) is 0 Å². The summed E-state index contributed by atoms with van der Waals surface area (Å²) in [6, 6.07) is 44.3. The van der Waals surface area contributed by atoms with Crippen LogP contribution in [0.1, 0.15) is 50.1 Å². The van der Waals surface area contributed by atoms with E-state index in [1.165, 1.54) is 39.1 Å². The number of hydrogen-bond donors (Lipinski definition) is 0. The van der Waals surface area contributed by atoms with Gasteiger partial charge in [-0.05, 0) is 54.9 Å². The molecule has 1 aliphatic rings. The van der Waals surface area contributed by atoms with Crippen molar-refractivity contribution in [1.82, 2.24) is 14.8 Å². The van der Waals surface area contributed by atoms with E-state index in [-0.39, 0.29) is 30.9 Å². The molecule has 44 heavy (non-hydrogen) atoms. The first kappa shape index (κ1) is 31.3. The minimum atomic E-state index is -0.0900. The van der Waals surface area contributed by atoms with Gasteiger partial charge in [0.1, 0.15) is 0 Å². The Kier molecular flexibility index (Phi) is 8.88. The van der Waals surface area contributed by atoms with E-state index in [0.717, 1.165) is 22.6 Å². The molecule has 1 aliphatic heterocycles. The van der Waals surface area contributed by atoms with Crippen LogP contribution in [0.15, 0.2) is 115 Å². The van der Waals surface area contributed by atoms with Crippen LogP contribution >= 0.6 is 0 Å². The summed E-state index contributed by atoms with van der Waals surface area (Å²) in [6.07, 6.45) is 1.79. The topological polar surface area (TPSA) is 30.7 Å². The average Bonchev–Trinajstić information content (AvgIpc) is 3.48. The molecule has 0 unspecified atom stereocenters. The van der Waals surface area contributed by atoms with Crippen LogP contribution in [0, 0.1) is 26.0 Å². The summed E-state index contributed by atoms with van der Waals surface area (Å²) < 4.78 is 2.13. The van der Waals surface area contributed by atoms with E-state index in [4.69, 9.17) is 5.10 Å². The molecule has 0 saturated heterocycles. The summed E-state index contributed by atoms with van der Waals surface area (Å²) >= 11 is 0. The molecule has 0 amide bonds. The second-order valence-electron chi connectivity index (χ2n) is 12.5. The van der Waals surface area contributed by atoms with Crippen LogP contribution in [0.5, 0.6) is 0 Å². The predicted octanol–water partition coefficient (Wildman–Crippen LogP) is 9.74. The molecule has 3 heterocycles. The fourth-order valence-electron chi connectivity index (χ4n) is 5.93. The summed E-state index contributed by atoms with van der Waals surface area (Å²) in [6.45, 7) is 13.7. The van der Waals surface area contributed by atoms with Crippen molar-refractivity contribution in [1.29, 1.82) is 0 Å². The van der Waals surface area contributed by atoms with E-state index in [2.05, 4.69) is 130 Å². The van der Waals surface area contributed by atoms with Gasteiger partial charge in [0.05, 0.1) is 5.69 Å². The molecule has 0 spiro atoms. The van der Waals surface area contributed by atoms with Crippen molar-refractivity contribution < 1.29 is 20.1 Å². The molecule has 0 fully saturated rings. The van der Waals surface area contributed by atoms with Crippen molar-refractivity contribution in [3.63, 3.8) is 0 Å². The van der Waals surface area contributed by atoms with Crippen LogP contribution in [0.2, 0.25) is 0 Å². The normalized spacial score (nSPS) is 13.9. The maximum absolute atomic E-state index is 5.09. The van der Waals surface area contributed by atoms with Gasteiger partial charge in [0.15, 0.2) is 0 Å². The largest absolute Gasteiger partial charge is 0.305 e. The maximum Gasteiger partial charge on any atom is 0.0930 e. The summed E-state index contributed by atoms with van der Waals surface area (Å²) in [4.78, 5) is 4.22. The van der Waals surface area contributed by atoms with Gasteiger partial charge in [-0.3, -0.25) is 4.68 Å². The third-order valence-electron chi connectivity index (χ3n) is 8.99. The summed E-state index contributed by atoms with van der Waals surface area (Å²) in [5.74, 6) is 0. The monoisotopic (exact) mass is 752 g/mol. The second-order valence-corrected chi connectivity index (χ2v) is 12.5. The number of hydrogen-bond acceptors (Lipinski definition) is 2. The number of pyridine rings is 1. The Bertz CT molecular complexity index is 1810. The minimum Gasteiger partial charge on any atom is -0.305 e. The van der Waals surface area contributed by atoms with Gasteiger partial charge < -0.3 is 4.98 Å². The van der Waals surface area contributed by atoms with E-state index < -0.39 is 0 Å². The fraction of sp³-hybridized carbons (Fsp3) is 0.200. The van der Waals surface area contributed by atoms with Gasteiger partial charge in [0.25, 0.3) is 0 Å². The van der Waals surface area contributed by atoms with E-state index in [9.17, 15) is 0 Å². The molecule has 6 aromatic rings. The summed E-state index contributed by atoms with van der Waals surface area (Å²) in [7, 11) is 0. The van der Waals surface area contributed by atoms with E-state index in [1.54, 1.807) is 6.20 Å². The van der Waals surface area contributed by atoms with Crippen molar-refractivity contribution in [2.75, 3.05) is 0 Å². The standard InChI is InChI=1S/C29H29N2.C11H8N.Ir/c1-19-14-20(2)16-23(15-19)25-18-27-29(5,6)28(3,4)24-17-22(21-10-8-7-9-11-21)12-13-26(24)31(27)30-25;1-2-6-10(7-3-1)11-8-4-5-9-12-11;/h7-12,14-18H,1-6H3;1-6,8-9H;/q2*-1;. The van der Waals surface area contributed by atoms with Crippen molar-refractivity contribution in [2.45, 2.75) is 52.4 Å². The minimum absolute atomic E-state index is 0. The van der Waals surface area contributed by atoms with Crippen molar-refractivity contribution in [2.24, 2.45) is 0 Å². The van der Waals surface area contributed by atoms with Crippen LogP contribution in [0.3, 0.4) is 0 Å². The molecule has 2 aromatic heterocycles. The Labute approximate surface area is 275 Å². The van der Waals surface area contributed by atoms with Gasteiger partial charge >= 0.3 is 0 Å². The van der Waals surface area contributed by atoms with Crippen LogP contribution < -0.4 is 0 Å². The van der Waals surface area contributed by atoms with Gasteiger partial charge in [-0.2, -0.15) is 23.3 Å². The second kappa shape index (κ2) is 12.5. The Balaban J connectivity index is 0.000000248. The van der Waals surface area contributed by atoms with Crippen LogP contribution in [-0.2, 0) is 30.9 Å². The molecule has 4 heteroatoms. The Hall–Kier alpha value is -4.11. The third-order valence-corrected chi connectivity index (χ3v) is 8.99. The zero-order valence-electron chi connectivity index (χ0n) is 26.1. The smallest absolute Gasteiger partial charge is 0.0930 e. The maximum atomic E-state index is 5.09. The Morgan fingerprint density at radius 3 is 2.00 bits per heavy atom. The number of nitrogens with zero attached hydrogens (tertiary/aromatic N) is 3. The average molecular weight is 752 g/mol. The first-order valence-electron chi connectivity index (χ1n) is 14.8. The molecule has 1 radical (unpaired) electrons. The summed E-state index contributed by atoms with van der Waals surface area (Å²) in [5, 5.41) is 5.09. The van der Waals surface area contributed by atoms with Crippen molar-refractivity contribution >= 4 is 0 Å². The number of aromatic nitrogens is 3. The van der Waals surface area contributed by atoms with Crippen LogP contribution in [-0.4, -0.2) is 14.8 Å². The van der Waals surface area contributed by atoms with Gasteiger partial charge in [0, 0.05) is 43.0 Å². The van der Waals surface area contributed by atoms with Gasteiger partial charge in [0.2, 0.25) is 0 Å². The molecule has 4 aromatic carbocycles. The molecule has 7 rings (SSSR count). The molecule has 223 valence electrons. The molecular weight excluding hydrogens is 715 g/mol. The summed E-state index contributed by atoms with van der Waals surface area (Å²) in [5.41, 5.74) is 12.6. The molecule has 0 aliphatic carbocycles. The van der Waals surface area contributed by atoms with Crippen LogP contribution in [0.25, 0.3) is 39.3 Å². The number of fused-ring (bicyclic) bond motifs is 3. The van der Waals surface area contributed by atoms with Crippen LogP contribution in [0.4, 0.5) is 0 Å². The van der Waals surface area contributed by atoms with Gasteiger partial charge in [-0.25, -0.2) is 0 Å². The third kappa shape index (κ3) is 5.85. The van der Waals surface area contributed by atoms with Crippen molar-refractivity contribution in [3.8, 4) is 39.3 Å². The molecular formula is C40H37IrN3-2.